The van der Waals surface area contributed by atoms with E-state index in [9.17, 15) is 19.5 Å². The van der Waals surface area contributed by atoms with Gasteiger partial charge in [-0.25, -0.2) is 4.90 Å². The zero-order valence-electron chi connectivity index (χ0n) is 28.3. The molecule has 0 spiro atoms. The minimum atomic E-state index is -1.51. The number of aromatic hydroxyl groups is 1. The summed E-state index contributed by atoms with van der Waals surface area (Å²) in [4.78, 5) is 59.9. The molecular weight excluding hydrogens is 666 g/mol. The van der Waals surface area contributed by atoms with Crippen LogP contribution in [0.1, 0.15) is 41.0 Å². The number of nitrogens with one attached hydrogen (secondary N) is 1. The van der Waals surface area contributed by atoms with E-state index >= 15 is 4.79 Å². The zero-order chi connectivity index (χ0) is 35.8. The van der Waals surface area contributed by atoms with E-state index in [1.807, 2.05) is 62.4 Å². The molecular formula is C41H36ClN3O6. The van der Waals surface area contributed by atoms with Gasteiger partial charge in [-0.15, -0.1) is 0 Å². The molecule has 0 bridgehead atoms. The van der Waals surface area contributed by atoms with E-state index in [1.54, 1.807) is 48.5 Å². The lowest BCUT2D eigenvalue weighted by Crippen LogP contribution is -2.53. The average Bonchev–Trinajstić information content (AvgIpc) is 3.52. The summed E-state index contributed by atoms with van der Waals surface area (Å²) >= 11 is 6.45. The first-order chi connectivity index (χ1) is 24.6. The first-order valence-corrected chi connectivity index (χ1v) is 17.4. The summed E-state index contributed by atoms with van der Waals surface area (Å²) in [7, 11) is 1.45. The third-order valence-electron chi connectivity index (χ3n) is 11.4. The van der Waals surface area contributed by atoms with Crippen LogP contribution in [0.15, 0.2) is 103 Å². The lowest BCUT2D eigenvalue weighted by Gasteiger charge is -2.50. The molecule has 4 aromatic carbocycles. The molecule has 51 heavy (non-hydrogen) atoms. The van der Waals surface area contributed by atoms with Gasteiger partial charge < -0.3 is 9.84 Å². The van der Waals surface area contributed by atoms with E-state index in [4.69, 9.17) is 16.3 Å². The normalized spacial score (nSPS) is 26.8. The van der Waals surface area contributed by atoms with Crippen molar-refractivity contribution in [1.82, 2.24) is 5.01 Å². The number of carbonyl (C=O) groups is 4. The minimum absolute atomic E-state index is 0.140. The number of rotatable bonds is 6. The van der Waals surface area contributed by atoms with Gasteiger partial charge >= 0.3 is 0 Å². The molecule has 4 aromatic rings. The Bertz CT molecular complexity index is 2150. The lowest BCUT2D eigenvalue weighted by molar-refractivity contribution is -0.138. The second-order valence-electron chi connectivity index (χ2n) is 13.9. The van der Waals surface area contributed by atoms with Crippen molar-refractivity contribution in [2.24, 2.45) is 23.7 Å². The number of para-hydroxylation sites is 1. The number of aryl methyl sites for hydroxylation is 2. The Morgan fingerprint density at radius 2 is 1.61 bits per heavy atom. The molecule has 0 radical (unpaired) electrons. The third-order valence-corrected chi connectivity index (χ3v) is 11.8. The van der Waals surface area contributed by atoms with Gasteiger partial charge in [0.05, 0.1) is 41.7 Å². The Balaban J connectivity index is 1.33. The highest BCUT2D eigenvalue weighted by atomic mass is 35.5. The molecule has 258 valence electrons. The molecule has 8 rings (SSSR count). The maximum atomic E-state index is 15.3. The van der Waals surface area contributed by atoms with E-state index in [1.165, 1.54) is 12.0 Å². The van der Waals surface area contributed by atoms with Crippen molar-refractivity contribution in [2.75, 3.05) is 17.4 Å². The molecule has 2 saturated heterocycles. The van der Waals surface area contributed by atoms with Gasteiger partial charge in [-0.05, 0) is 74.1 Å². The highest BCUT2D eigenvalue weighted by molar-refractivity contribution is 6.32. The van der Waals surface area contributed by atoms with E-state index < -0.39 is 46.8 Å². The Labute approximate surface area is 300 Å². The number of fused-ring (bicyclic) bond motifs is 4. The van der Waals surface area contributed by atoms with Crippen molar-refractivity contribution >= 4 is 46.6 Å². The van der Waals surface area contributed by atoms with Gasteiger partial charge in [-0.3, -0.25) is 24.6 Å². The minimum Gasteiger partial charge on any atom is -0.504 e. The van der Waals surface area contributed by atoms with Crippen LogP contribution in [-0.4, -0.2) is 40.9 Å². The number of hydrogen-bond acceptors (Lipinski definition) is 7. The van der Waals surface area contributed by atoms with E-state index in [-0.39, 0.29) is 36.2 Å². The number of phenols is 1. The quantitative estimate of drug-likeness (QED) is 0.167. The number of phenolic OH excluding ortho intramolecular Hbond substituents is 1. The number of methoxy groups -OCH3 is 1. The number of amides is 4. The summed E-state index contributed by atoms with van der Waals surface area (Å²) < 4.78 is 5.54. The first-order valence-electron chi connectivity index (χ1n) is 17.0. The number of ether oxygens (including phenoxy) is 1. The van der Waals surface area contributed by atoms with Crippen LogP contribution in [0, 0.1) is 37.5 Å². The topological polar surface area (TPSA) is 116 Å². The van der Waals surface area contributed by atoms with Crippen molar-refractivity contribution in [1.29, 1.82) is 0 Å². The van der Waals surface area contributed by atoms with Crippen LogP contribution in [0.25, 0.3) is 0 Å². The molecule has 6 unspecified atom stereocenters. The van der Waals surface area contributed by atoms with Crippen molar-refractivity contribution in [2.45, 2.75) is 38.0 Å². The molecule has 6 atom stereocenters. The average molecular weight is 702 g/mol. The Morgan fingerprint density at radius 3 is 2.31 bits per heavy atom. The van der Waals surface area contributed by atoms with Crippen molar-refractivity contribution in [3.05, 3.63) is 130 Å². The van der Waals surface area contributed by atoms with E-state index in [2.05, 4.69) is 5.43 Å². The first kappa shape index (κ1) is 32.8. The molecule has 4 aliphatic rings. The summed E-state index contributed by atoms with van der Waals surface area (Å²) in [5, 5.41) is 13.3. The van der Waals surface area contributed by atoms with Crippen LogP contribution in [0.2, 0.25) is 5.02 Å². The third kappa shape index (κ3) is 4.74. The number of carbonyl (C=O) groups excluding carboxylic acids is 4. The number of anilines is 2. The number of hydrogen-bond donors (Lipinski definition) is 2. The molecule has 2 aliphatic heterocycles. The van der Waals surface area contributed by atoms with Gasteiger partial charge in [0.2, 0.25) is 11.8 Å². The van der Waals surface area contributed by atoms with Crippen LogP contribution in [0.5, 0.6) is 11.5 Å². The Hall–Kier alpha value is -5.41. The fourth-order valence-electron chi connectivity index (χ4n) is 9.00. The summed E-state index contributed by atoms with van der Waals surface area (Å²) in [6.45, 7) is 3.80. The number of hydrazine groups is 1. The largest absolute Gasteiger partial charge is 0.504 e. The predicted molar refractivity (Wildman–Crippen MR) is 192 cm³/mol. The summed E-state index contributed by atoms with van der Waals surface area (Å²) in [6, 6.07) is 26.8. The fraction of sp³-hybridized carbons (Fsp3) is 0.268. The predicted octanol–water partition coefficient (Wildman–Crippen LogP) is 6.86. The van der Waals surface area contributed by atoms with Gasteiger partial charge in [0.1, 0.15) is 0 Å². The number of halogens is 1. The highest BCUT2D eigenvalue weighted by Crippen LogP contribution is 2.65. The number of nitrogens with zero attached hydrogens (tertiary/aromatic N) is 2. The second-order valence-corrected chi connectivity index (χ2v) is 14.3. The Kier molecular flexibility index (Phi) is 7.79. The van der Waals surface area contributed by atoms with Crippen LogP contribution >= 0.6 is 11.6 Å². The lowest BCUT2D eigenvalue weighted by atomic mass is 9.49. The van der Waals surface area contributed by atoms with Crippen LogP contribution in [0.3, 0.4) is 0 Å². The fourth-order valence-corrected chi connectivity index (χ4v) is 9.18. The zero-order valence-corrected chi connectivity index (χ0v) is 29.1. The van der Waals surface area contributed by atoms with E-state index in [0.717, 1.165) is 21.7 Å². The maximum absolute atomic E-state index is 15.3. The van der Waals surface area contributed by atoms with Crippen molar-refractivity contribution in [3.63, 3.8) is 0 Å². The van der Waals surface area contributed by atoms with Crippen LogP contribution < -0.4 is 15.1 Å². The molecule has 4 amide bonds. The molecule has 2 heterocycles. The maximum Gasteiger partial charge on any atom is 0.260 e. The number of benzene rings is 4. The summed E-state index contributed by atoms with van der Waals surface area (Å²) in [5.41, 5.74) is 6.13. The van der Waals surface area contributed by atoms with Crippen molar-refractivity contribution in [3.8, 4) is 11.5 Å². The molecule has 1 saturated carbocycles. The molecule has 3 fully saturated rings. The highest BCUT2D eigenvalue weighted by Gasteiger charge is 2.70. The van der Waals surface area contributed by atoms with Crippen molar-refractivity contribution < 1.29 is 29.0 Å². The summed E-state index contributed by atoms with van der Waals surface area (Å²) in [5.74, 6) is -5.42. The Morgan fingerprint density at radius 1 is 0.863 bits per heavy atom. The molecule has 0 aromatic heterocycles. The SMILES string of the molecule is COc1cccc(C2C3=CCC4C(=O)N(c5ccc(C)c(Cl)c5)C(=O)C4C3CC3C(=O)N(Nc4ccc(C)cc4)C(=O)C32c2ccccc2)c1O. The van der Waals surface area contributed by atoms with Crippen LogP contribution in [-0.2, 0) is 24.6 Å². The van der Waals surface area contributed by atoms with Gasteiger partial charge in [-0.1, -0.05) is 89.5 Å². The number of allylic oxidation sites excluding steroid dienone is 2. The smallest absolute Gasteiger partial charge is 0.260 e. The second kappa shape index (κ2) is 12.1. The van der Waals surface area contributed by atoms with Gasteiger partial charge in [0, 0.05) is 16.5 Å². The molecule has 2 N–H and O–H groups in total. The van der Waals surface area contributed by atoms with Gasteiger partial charge in [-0.2, -0.15) is 5.01 Å². The van der Waals surface area contributed by atoms with Crippen LogP contribution in [0.4, 0.5) is 11.4 Å². The van der Waals surface area contributed by atoms with Gasteiger partial charge in [0.25, 0.3) is 11.8 Å². The summed E-state index contributed by atoms with van der Waals surface area (Å²) in [6.07, 6.45) is 2.35. The molecule has 2 aliphatic carbocycles. The molecule has 10 heteroatoms. The standard InChI is InChI=1S/C41H36ClN3O6/c1-22-12-15-25(16-13-22)43-45-38(48)31-21-30-27(18-19-28-34(30)39(49)44(37(28)47)26-17-14-23(2)32(42)20-26)35(29-10-7-11-33(51-3)36(29)46)41(31,40(45)50)24-8-5-4-6-9-24/h4-18,20,28,30-31,34-35,43,46H,19,21H2,1-3H3. The van der Waals surface area contributed by atoms with E-state index in [0.29, 0.717) is 27.5 Å². The molecule has 9 nitrogen and oxygen atoms in total. The van der Waals surface area contributed by atoms with Gasteiger partial charge in [0.15, 0.2) is 11.5 Å². The monoisotopic (exact) mass is 701 g/mol. The number of imide groups is 2.